The summed E-state index contributed by atoms with van der Waals surface area (Å²) in [5.74, 6) is 0. The molecular formula is C12H17N3S. The van der Waals surface area contributed by atoms with Gasteiger partial charge in [0.15, 0.2) is 0 Å². The first kappa shape index (κ1) is 11.4. The molecule has 0 radical (unpaired) electrons. The molecule has 2 heterocycles. The van der Waals surface area contributed by atoms with Crippen LogP contribution in [0.15, 0.2) is 23.3 Å². The van der Waals surface area contributed by atoms with Gasteiger partial charge in [0, 0.05) is 25.8 Å². The zero-order chi connectivity index (χ0) is 11.4. The number of nitrogens with one attached hydrogen (secondary N) is 1. The molecule has 2 rings (SSSR count). The third-order valence-electron chi connectivity index (χ3n) is 2.72. The van der Waals surface area contributed by atoms with Crippen molar-refractivity contribution in [2.75, 3.05) is 0 Å². The van der Waals surface area contributed by atoms with Gasteiger partial charge < -0.3 is 9.88 Å². The van der Waals surface area contributed by atoms with Gasteiger partial charge in [-0.25, -0.2) is 4.98 Å². The van der Waals surface area contributed by atoms with Crippen LogP contribution in [0.1, 0.15) is 23.7 Å². The molecular weight excluding hydrogens is 218 g/mol. The summed E-state index contributed by atoms with van der Waals surface area (Å²) in [7, 11) is 0. The van der Waals surface area contributed by atoms with Gasteiger partial charge in [-0.15, -0.1) is 0 Å². The van der Waals surface area contributed by atoms with E-state index in [1.165, 1.54) is 16.8 Å². The summed E-state index contributed by atoms with van der Waals surface area (Å²) in [5.41, 5.74) is 4.02. The van der Waals surface area contributed by atoms with E-state index in [1.54, 1.807) is 11.3 Å². The van der Waals surface area contributed by atoms with Crippen molar-refractivity contribution in [3.05, 3.63) is 40.1 Å². The van der Waals surface area contributed by atoms with Crippen LogP contribution in [-0.4, -0.2) is 9.55 Å². The number of aryl methyl sites for hydroxylation is 2. The number of rotatable bonds is 5. The lowest BCUT2D eigenvalue weighted by molar-refractivity contribution is 0.628. The van der Waals surface area contributed by atoms with Crippen molar-refractivity contribution in [3.8, 4) is 0 Å². The van der Waals surface area contributed by atoms with Crippen LogP contribution in [0, 0.1) is 6.92 Å². The lowest BCUT2D eigenvalue weighted by Crippen LogP contribution is -2.15. The second-order valence-corrected chi connectivity index (χ2v) is 4.60. The lowest BCUT2D eigenvalue weighted by Gasteiger charge is -2.06. The molecule has 0 aliphatic carbocycles. The van der Waals surface area contributed by atoms with E-state index >= 15 is 0 Å². The fourth-order valence-electron chi connectivity index (χ4n) is 1.67. The molecule has 0 aliphatic heterocycles. The zero-order valence-electron chi connectivity index (χ0n) is 9.73. The van der Waals surface area contributed by atoms with Crippen LogP contribution in [0.25, 0.3) is 0 Å². The van der Waals surface area contributed by atoms with Gasteiger partial charge in [0.2, 0.25) is 0 Å². The van der Waals surface area contributed by atoms with Gasteiger partial charge in [-0.2, -0.15) is 11.3 Å². The quantitative estimate of drug-likeness (QED) is 0.863. The smallest absolute Gasteiger partial charge is 0.0948 e. The van der Waals surface area contributed by atoms with Gasteiger partial charge in [-0.3, -0.25) is 0 Å². The Hall–Kier alpha value is -1.13. The Morgan fingerprint density at radius 1 is 1.38 bits per heavy atom. The minimum Gasteiger partial charge on any atom is -0.334 e. The highest BCUT2D eigenvalue weighted by Crippen LogP contribution is 2.13. The van der Waals surface area contributed by atoms with Crippen LogP contribution in [0.4, 0.5) is 0 Å². The van der Waals surface area contributed by atoms with Gasteiger partial charge in [-0.05, 0) is 35.7 Å². The molecule has 86 valence electrons. The summed E-state index contributed by atoms with van der Waals surface area (Å²) in [4.78, 5) is 4.15. The third-order valence-corrected chi connectivity index (χ3v) is 3.63. The van der Waals surface area contributed by atoms with Crippen molar-refractivity contribution in [1.29, 1.82) is 0 Å². The molecule has 0 amide bonds. The maximum atomic E-state index is 4.15. The number of hydrogen-bond donors (Lipinski definition) is 1. The van der Waals surface area contributed by atoms with Crippen LogP contribution in [0.2, 0.25) is 0 Å². The molecule has 0 saturated heterocycles. The van der Waals surface area contributed by atoms with Gasteiger partial charge in [0.25, 0.3) is 0 Å². The van der Waals surface area contributed by atoms with Crippen molar-refractivity contribution < 1.29 is 0 Å². The first-order valence-electron chi connectivity index (χ1n) is 5.52. The molecule has 0 bridgehead atoms. The summed E-state index contributed by atoms with van der Waals surface area (Å²) in [5, 5.41) is 7.85. The summed E-state index contributed by atoms with van der Waals surface area (Å²) < 4.78 is 2.16. The molecule has 3 nitrogen and oxygen atoms in total. The van der Waals surface area contributed by atoms with Gasteiger partial charge in [0.05, 0.1) is 12.0 Å². The maximum Gasteiger partial charge on any atom is 0.0948 e. The van der Waals surface area contributed by atoms with Gasteiger partial charge in [0.1, 0.15) is 0 Å². The highest BCUT2D eigenvalue weighted by atomic mass is 32.1. The summed E-state index contributed by atoms with van der Waals surface area (Å²) in [6.07, 6.45) is 3.81. The Morgan fingerprint density at radius 3 is 2.94 bits per heavy atom. The van der Waals surface area contributed by atoms with E-state index in [9.17, 15) is 0 Å². The SMILES string of the molecule is CCn1cncc1CNCc1cscc1C. The molecule has 2 aromatic rings. The van der Waals surface area contributed by atoms with E-state index in [0.717, 1.165) is 19.6 Å². The van der Waals surface area contributed by atoms with Crippen LogP contribution < -0.4 is 5.32 Å². The Bertz CT molecular complexity index is 445. The fraction of sp³-hybridized carbons (Fsp3) is 0.417. The van der Waals surface area contributed by atoms with E-state index in [2.05, 4.69) is 39.5 Å². The van der Waals surface area contributed by atoms with Crippen molar-refractivity contribution >= 4 is 11.3 Å². The summed E-state index contributed by atoms with van der Waals surface area (Å²) >= 11 is 1.76. The van der Waals surface area contributed by atoms with Gasteiger partial charge in [-0.1, -0.05) is 0 Å². The first-order valence-corrected chi connectivity index (χ1v) is 6.47. The number of imidazole rings is 1. The molecule has 0 aromatic carbocycles. The van der Waals surface area contributed by atoms with Crippen molar-refractivity contribution in [3.63, 3.8) is 0 Å². The number of aromatic nitrogens is 2. The predicted molar refractivity (Wildman–Crippen MR) is 67.5 cm³/mol. The second kappa shape index (κ2) is 5.27. The predicted octanol–water partition coefficient (Wildman–Crippen LogP) is 2.56. The molecule has 0 aliphatic rings. The van der Waals surface area contributed by atoms with Crippen molar-refractivity contribution in [2.45, 2.75) is 33.5 Å². The van der Waals surface area contributed by atoms with Crippen LogP contribution in [0.5, 0.6) is 0 Å². The average Bonchev–Trinajstić information content (AvgIpc) is 2.88. The molecule has 1 N–H and O–H groups in total. The van der Waals surface area contributed by atoms with E-state index in [4.69, 9.17) is 0 Å². The highest BCUT2D eigenvalue weighted by Gasteiger charge is 2.01. The van der Waals surface area contributed by atoms with E-state index in [1.807, 2.05) is 12.5 Å². The molecule has 16 heavy (non-hydrogen) atoms. The topological polar surface area (TPSA) is 29.9 Å². The normalized spacial score (nSPS) is 10.9. The van der Waals surface area contributed by atoms with Gasteiger partial charge >= 0.3 is 0 Å². The average molecular weight is 235 g/mol. The molecule has 0 fully saturated rings. The zero-order valence-corrected chi connectivity index (χ0v) is 10.5. The minimum absolute atomic E-state index is 0.878. The molecule has 0 spiro atoms. The highest BCUT2D eigenvalue weighted by molar-refractivity contribution is 7.08. The van der Waals surface area contributed by atoms with Crippen LogP contribution in [-0.2, 0) is 19.6 Å². The largest absolute Gasteiger partial charge is 0.334 e. The minimum atomic E-state index is 0.878. The van der Waals surface area contributed by atoms with Crippen LogP contribution in [0.3, 0.4) is 0 Å². The van der Waals surface area contributed by atoms with Crippen LogP contribution >= 0.6 is 11.3 Å². The molecule has 0 saturated carbocycles. The maximum absolute atomic E-state index is 4.15. The molecule has 0 atom stereocenters. The molecule has 4 heteroatoms. The Labute approximate surface area is 100 Å². The molecule has 0 unspecified atom stereocenters. The lowest BCUT2D eigenvalue weighted by atomic mass is 10.2. The standard InChI is InChI=1S/C12H17N3S/c1-3-15-9-14-6-12(15)5-13-4-11-8-16-7-10(11)2/h6-9,13H,3-5H2,1-2H3. The Kier molecular flexibility index (Phi) is 3.74. The van der Waals surface area contributed by atoms with Crippen molar-refractivity contribution in [1.82, 2.24) is 14.9 Å². The molecule has 2 aromatic heterocycles. The Morgan fingerprint density at radius 2 is 2.25 bits per heavy atom. The van der Waals surface area contributed by atoms with E-state index in [-0.39, 0.29) is 0 Å². The summed E-state index contributed by atoms with van der Waals surface area (Å²) in [6, 6.07) is 0. The third kappa shape index (κ3) is 2.51. The number of hydrogen-bond acceptors (Lipinski definition) is 3. The monoisotopic (exact) mass is 235 g/mol. The van der Waals surface area contributed by atoms with E-state index < -0.39 is 0 Å². The van der Waals surface area contributed by atoms with Crippen molar-refractivity contribution in [2.24, 2.45) is 0 Å². The second-order valence-electron chi connectivity index (χ2n) is 3.85. The summed E-state index contributed by atoms with van der Waals surface area (Å²) in [6.45, 7) is 7.08. The number of thiophene rings is 1. The fourth-order valence-corrected chi connectivity index (χ4v) is 2.53. The Balaban J connectivity index is 1.87. The number of nitrogens with zero attached hydrogens (tertiary/aromatic N) is 2. The van der Waals surface area contributed by atoms with E-state index in [0.29, 0.717) is 0 Å². The first-order chi connectivity index (χ1) is 7.81.